The van der Waals surface area contributed by atoms with Gasteiger partial charge in [0.1, 0.15) is 5.75 Å². The van der Waals surface area contributed by atoms with Crippen LogP contribution in [0.3, 0.4) is 0 Å². The molecule has 1 aromatic carbocycles. The van der Waals surface area contributed by atoms with Crippen molar-refractivity contribution in [1.29, 1.82) is 0 Å². The van der Waals surface area contributed by atoms with Gasteiger partial charge in [0.2, 0.25) is 0 Å². The molecule has 0 bridgehead atoms. The third kappa shape index (κ3) is 3.35. The Morgan fingerprint density at radius 2 is 2.21 bits per heavy atom. The van der Waals surface area contributed by atoms with Crippen molar-refractivity contribution in [3.05, 3.63) is 29.3 Å². The summed E-state index contributed by atoms with van der Waals surface area (Å²) in [4.78, 5) is 11.1. The molecule has 2 rings (SSSR count). The summed E-state index contributed by atoms with van der Waals surface area (Å²) in [6.07, 6.45) is 2.55. The summed E-state index contributed by atoms with van der Waals surface area (Å²) in [5.74, 6) is 0.729. The molecule has 0 radical (unpaired) electrons. The Morgan fingerprint density at radius 1 is 1.37 bits per heavy atom. The largest absolute Gasteiger partial charge is 0.497 e. The molecule has 1 N–H and O–H groups in total. The Kier molecular flexibility index (Phi) is 4.58. The molecule has 1 aromatic rings. The second kappa shape index (κ2) is 6.38. The van der Waals surface area contributed by atoms with Crippen LogP contribution in [0.1, 0.15) is 24.5 Å². The van der Waals surface area contributed by atoms with Gasteiger partial charge in [0, 0.05) is 13.1 Å². The van der Waals surface area contributed by atoms with Crippen LogP contribution in [0, 0.1) is 0 Å². The lowest BCUT2D eigenvalue weighted by atomic mass is 9.88. The van der Waals surface area contributed by atoms with Gasteiger partial charge in [-0.15, -0.1) is 0 Å². The predicted molar refractivity (Wildman–Crippen MR) is 75.0 cm³/mol. The van der Waals surface area contributed by atoms with Crippen molar-refractivity contribution < 1.29 is 14.3 Å². The van der Waals surface area contributed by atoms with Gasteiger partial charge in [-0.2, -0.15) is 0 Å². The highest BCUT2D eigenvalue weighted by Crippen LogP contribution is 2.34. The van der Waals surface area contributed by atoms with E-state index in [-0.39, 0.29) is 5.97 Å². The number of benzene rings is 1. The third-order valence-electron chi connectivity index (χ3n) is 3.06. The first-order chi connectivity index (χ1) is 9.24. The Morgan fingerprint density at radius 3 is 2.89 bits per heavy atom. The maximum absolute atomic E-state index is 11.1. The smallest absolute Gasteiger partial charge is 0.307 e. The van der Waals surface area contributed by atoms with Crippen molar-refractivity contribution in [2.24, 2.45) is 0 Å². The Balaban J connectivity index is 1.73. The fraction of sp³-hybridized carbons (Fsp3) is 0.400. The number of ether oxygens (including phenoxy) is 2. The van der Waals surface area contributed by atoms with E-state index in [4.69, 9.17) is 9.47 Å². The first kappa shape index (κ1) is 13.6. The highest BCUT2D eigenvalue weighted by Gasteiger charge is 2.16. The van der Waals surface area contributed by atoms with Gasteiger partial charge in [-0.3, -0.25) is 4.79 Å². The highest BCUT2D eigenvalue weighted by molar-refractivity contribution is 5.96. The van der Waals surface area contributed by atoms with Crippen LogP contribution in [-0.4, -0.2) is 32.8 Å². The topological polar surface area (TPSA) is 47.6 Å². The van der Waals surface area contributed by atoms with Gasteiger partial charge < -0.3 is 14.8 Å². The molecule has 0 aliphatic heterocycles. The summed E-state index contributed by atoms with van der Waals surface area (Å²) < 4.78 is 10.0. The van der Waals surface area contributed by atoms with Crippen molar-refractivity contribution in [2.75, 3.05) is 26.8 Å². The number of methoxy groups -OCH3 is 1. The van der Waals surface area contributed by atoms with E-state index in [0.29, 0.717) is 19.6 Å². The maximum Gasteiger partial charge on any atom is 0.307 e. The number of esters is 1. The Hall–Kier alpha value is -1.81. The van der Waals surface area contributed by atoms with Gasteiger partial charge in [-0.25, -0.2) is 0 Å². The predicted octanol–water partition coefficient (Wildman–Crippen LogP) is 2.09. The molecular formula is C15H19NO3. The van der Waals surface area contributed by atoms with Crippen molar-refractivity contribution in [1.82, 2.24) is 5.32 Å². The summed E-state index contributed by atoms with van der Waals surface area (Å²) >= 11 is 0. The molecule has 0 saturated carbocycles. The molecule has 4 nitrogen and oxygen atoms in total. The van der Waals surface area contributed by atoms with E-state index in [0.717, 1.165) is 12.3 Å². The van der Waals surface area contributed by atoms with Crippen molar-refractivity contribution in [3.63, 3.8) is 0 Å². The minimum Gasteiger partial charge on any atom is -0.497 e. The third-order valence-corrected chi connectivity index (χ3v) is 3.06. The van der Waals surface area contributed by atoms with Crippen molar-refractivity contribution in [2.45, 2.75) is 13.3 Å². The van der Waals surface area contributed by atoms with Gasteiger partial charge in [-0.1, -0.05) is 6.07 Å². The van der Waals surface area contributed by atoms with Crippen molar-refractivity contribution >= 4 is 17.6 Å². The molecule has 0 spiro atoms. The van der Waals surface area contributed by atoms with E-state index in [9.17, 15) is 4.79 Å². The molecule has 19 heavy (non-hydrogen) atoms. The van der Waals surface area contributed by atoms with Gasteiger partial charge in [0.15, 0.2) is 0 Å². The first-order valence-corrected chi connectivity index (χ1v) is 6.50. The summed E-state index contributed by atoms with van der Waals surface area (Å²) in [6.45, 7) is 3.68. The van der Waals surface area contributed by atoms with Crippen LogP contribution >= 0.6 is 0 Å². The number of fused-ring (bicyclic) bond motifs is 1. The second-order valence-corrected chi connectivity index (χ2v) is 4.35. The fourth-order valence-electron chi connectivity index (χ4n) is 2.06. The molecule has 0 fully saturated rings. The normalized spacial score (nSPS) is 12.2. The average Bonchev–Trinajstić information content (AvgIpc) is 2.39. The van der Waals surface area contributed by atoms with Crippen LogP contribution in [0.2, 0.25) is 0 Å². The van der Waals surface area contributed by atoms with Crippen LogP contribution in [0.15, 0.2) is 18.2 Å². The zero-order chi connectivity index (χ0) is 13.7. The van der Waals surface area contributed by atoms with Gasteiger partial charge in [-0.05, 0) is 41.8 Å². The summed E-state index contributed by atoms with van der Waals surface area (Å²) in [7, 11) is 1.67. The Bertz CT molecular complexity index is 494. The molecule has 1 aliphatic carbocycles. The summed E-state index contributed by atoms with van der Waals surface area (Å²) in [6, 6.07) is 6.05. The van der Waals surface area contributed by atoms with E-state index in [1.54, 1.807) is 7.11 Å². The van der Waals surface area contributed by atoms with Crippen LogP contribution in [0.5, 0.6) is 5.75 Å². The number of nitrogens with one attached hydrogen (secondary N) is 1. The number of rotatable bonds is 7. The molecule has 0 aromatic heterocycles. The lowest BCUT2D eigenvalue weighted by Gasteiger charge is -2.21. The minimum atomic E-state index is -0.150. The minimum absolute atomic E-state index is 0.150. The molecular weight excluding hydrogens is 242 g/mol. The Labute approximate surface area is 113 Å². The molecule has 0 atom stereocenters. The van der Waals surface area contributed by atoms with Crippen LogP contribution in [0.25, 0.3) is 11.6 Å². The standard InChI is InChI=1S/C15H19NO3/c1-3-19-15(17)6-7-16-10-12-8-11-9-13(18-2)4-5-14(11)12/h4-5,8-9,16H,3,6-7,10H2,1-2H3. The lowest BCUT2D eigenvalue weighted by molar-refractivity contribution is -0.142. The fourth-order valence-corrected chi connectivity index (χ4v) is 2.06. The average molecular weight is 261 g/mol. The molecule has 0 heterocycles. The number of hydrogen-bond donors (Lipinski definition) is 1. The van der Waals surface area contributed by atoms with Gasteiger partial charge >= 0.3 is 5.97 Å². The zero-order valence-corrected chi connectivity index (χ0v) is 11.4. The molecule has 4 heteroatoms. The zero-order valence-electron chi connectivity index (χ0n) is 11.4. The molecule has 1 aliphatic rings. The van der Waals surface area contributed by atoms with E-state index in [2.05, 4.69) is 17.5 Å². The highest BCUT2D eigenvalue weighted by atomic mass is 16.5. The maximum atomic E-state index is 11.1. The molecule has 0 amide bonds. The van der Waals surface area contributed by atoms with Gasteiger partial charge in [0.25, 0.3) is 0 Å². The van der Waals surface area contributed by atoms with E-state index in [1.165, 1.54) is 16.7 Å². The molecule has 102 valence electrons. The monoisotopic (exact) mass is 261 g/mol. The van der Waals surface area contributed by atoms with Crippen molar-refractivity contribution in [3.8, 4) is 5.75 Å². The molecule has 0 saturated heterocycles. The van der Waals surface area contributed by atoms with Crippen LogP contribution < -0.4 is 10.1 Å². The number of carbonyl (C=O) groups excluding carboxylic acids is 1. The van der Waals surface area contributed by atoms with Crippen LogP contribution in [-0.2, 0) is 9.53 Å². The SMILES string of the molecule is CCOC(=O)CCNCC1=Cc2cc(OC)ccc21. The first-order valence-electron chi connectivity index (χ1n) is 6.50. The van der Waals surface area contributed by atoms with E-state index >= 15 is 0 Å². The van der Waals surface area contributed by atoms with E-state index in [1.807, 2.05) is 19.1 Å². The number of hydrogen-bond acceptors (Lipinski definition) is 4. The molecule has 0 unspecified atom stereocenters. The lowest BCUT2D eigenvalue weighted by Crippen LogP contribution is -2.22. The second-order valence-electron chi connectivity index (χ2n) is 4.35. The summed E-state index contributed by atoms with van der Waals surface area (Å²) in [5, 5.41) is 3.25. The summed E-state index contributed by atoms with van der Waals surface area (Å²) in [5.41, 5.74) is 3.73. The number of carbonyl (C=O) groups is 1. The quantitative estimate of drug-likeness (QED) is 0.603. The van der Waals surface area contributed by atoms with E-state index < -0.39 is 0 Å². The van der Waals surface area contributed by atoms with Gasteiger partial charge in [0.05, 0.1) is 20.1 Å². The van der Waals surface area contributed by atoms with Crippen LogP contribution in [0.4, 0.5) is 0 Å².